The summed E-state index contributed by atoms with van der Waals surface area (Å²) in [6, 6.07) is 8.15. The molecular weight excluding hydrogens is 378 g/mol. The van der Waals surface area contributed by atoms with Crippen LogP contribution in [0.15, 0.2) is 30.6 Å². The molecule has 2 aromatic rings. The van der Waals surface area contributed by atoms with Crippen LogP contribution in [0.1, 0.15) is 11.1 Å². The number of benzene rings is 1. The van der Waals surface area contributed by atoms with Crippen molar-refractivity contribution in [2.45, 2.75) is 13.8 Å². The lowest BCUT2D eigenvalue weighted by molar-refractivity contribution is 0.208. The van der Waals surface area contributed by atoms with Crippen molar-refractivity contribution in [1.29, 1.82) is 0 Å². The number of nitrogens with one attached hydrogen (secondary N) is 1. The summed E-state index contributed by atoms with van der Waals surface area (Å²) in [4.78, 5) is 30.4. The number of carbonyl (C=O) groups excluding carboxylic acids is 1. The SMILES string of the molecule is Cc1cc(C)cc(NC(=O)N2CCN(c3cc(N4CCN(C)CC4)ncn3)CC2)c1. The van der Waals surface area contributed by atoms with Crippen LogP contribution in [-0.4, -0.2) is 85.2 Å². The number of piperazine rings is 2. The van der Waals surface area contributed by atoms with Crippen molar-refractivity contribution in [2.24, 2.45) is 0 Å². The van der Waals surface area contributed by atoms with Crippen molar-refractivity contribution in [3.05, 3.63) is 41.7 Å². The van der Waals surface area contributed by atoms with Gasteiger partial charge in [-0.3, -0.25) is 0 Å². The zero-order valence-electron chi connectivity index (χ0n) is 18.1. The first-order chi connectivity index (χ1) is 14.5. The molecule has 0 unspecified atom stereocenters. The number of urea groups is 1. The molecule has 1 N–H and O–H groups in total. The fourth-order valence-electron chi connectivity index (χ4n) is 4.11. The van der Waals surface area contributed by atoms with Gasteiger partial charge in [-0.15, -0.1) is 0 Å². The molecule has 0 aliphatic carbocycles. The minimum Gasteiger partial charge on any atom is -0.354 e. The van der Waals surface area contributed by atoms with Crippen molar-refractivity contribution in [3.63, 3.8) is 0 Å². The van der Waals surface area contributed by atoms with E-state index in [1.807, 2.05) is 30.9 Å². The summed E-state index contributed by atoms with van der Waals surface area (Å²) in [5.74, 6) is 1.93. The summed E-state index contributed by atoms with van der Waals surface area (Å²) in [6.45, 7) is 11.0. The van der Waals surface area contributed by atoms with Gasteiger partial charge in [-0.25, -0.2) is 14.8 Å². The van der Waals surface area contributed by atoms with Crippen LogP contribution < -0.4 is 15.1 Å². The number of aryl methyl sites for hydroxylation is 2. The predicted octanol–water partition coefficient (Wildman–Crippen LogP) is 2.20. The first kappa shape index (κ1) is 20.4. The second kappa shape index (κ2) is 8.87. The van der Waals surface area contributed by atoms with Crippen LogP contribution in [0, 0.1) is 13.8 Å². The summed E-state index contributed by atoms with van der Waals surface area (Å²) in [6.07, 6.45) is 1.65. The Balaban J connectivity index is 1.34. The highest BCUT2D eigenvalue weighted by Crippen LogP contribution is 2.21. The van der Waals surface area contributed by atoms with Crippen LogP contribution in [0.5, 0.6) is 0 Å². The Hall–Kier alpha value is -2.87. The van der Waals surface area contributed by atoms with Crippen LogP contribution in [0.25, 0.3) is 0 Å². The number of nitrogens with zero attached hydrogens (tertiary/aromatic N) is 6. The van der Waals surface area contributed by atoms with E-state index in [0.717, 1.165) is 67.7 Å². The maximum absolute atomic E-state index is 12.7. The van der Waals surface area contributed by atoms with E-state index in [1.54, 1.807) is 6.33 Å². The standard InChI is InChI=1S/C22H31N7O/c1-17-12-18(2)14-19(13-17)25-22(30)29-10-8-28(9-11-29)21-15-20(23-16-24-21)27-6-4-26(3)5-7-27/h12-16H,4-11H2,1-3H3,(H,25,30). The van der Waals surface area contributed by atoms with Gasteiger partial charge in [0.1, 0.15) is 18.0 Å². The molecule has 2 fully saturated rings. The molecule has 4 rings (SSSR count). The van der Waals surface area contributed by atoms with Gasteiger partial charge in [-0.2, -0.15) is 0 Å². The maximum atomic E-state index is 12.7. The Morgan fingerprint density at radius 3 is 1.90 bits per heavy atom. The molecule has 0 spiro atoms. The number of hydrogen-bond donors (Lipinski definition) is 1. The number of carbonyl (C=O) groups is 1. The molecule has 30 heavy (non-hydrogen) atoms. The van der Waals surface area contributed by atoms with Crippen LogP contribution in [-0.2, 0) is 0 Å². The molecule has 0 saturated carbocycles. The van der Waals surface area contributed by atoms with Crippen LogP contribution in [0.4, 0.5) is 22.1 Å². The van der Waals surface area contributed by atoms with Gasteiger partial charge in [0.2, 0.25) is 0 Å². The minimum absolute atomic E-state index is 0.0412. The number of amides is 2. The lowest BCUT2D eigenvalue weighted by Crippen LogP contribution is -2.50. The molecule has 1 aromatic heterocycles. The fourth-order valence-corrected chi connectivity index (χ4v) is 4.11. The summed E-state index contributed by atoms with van der Waals surface area (Å²) >= 11 is 0. The summed E-state index contributed by atoms with van der Waals surface area (Å²) in [5.41, 5.74) is 3.15. The van der Waals surface area contributed by atoms with Crippen LogP contribution in [0.3, 0.4) is 0 Å². The molecule has 0 radical (unpaired) electrons. The molecule has 160 valence electrons. The van der Waals surface area contributed by atoms with E-state index in [9.17, 15) is 4.79 Å². The number of hydrogen-bond acceptors (Lipinski definition) is 6. The van der Waals surface area contributed by atoms with E-state index in [-0.39, 0.29) is 6.03 Å². The quantitative estimate of drug-likeness (QED) is 0.838. The van der Waals surface area contributed by atoms with Gasteiger partial charge in [-0.1, -0.05) is 6.07 Å². The minimum atomic E-state index is -0.0412. The Bertz CT molecular complexity index is 867. The lowest BCUT2D eigenvalue weighted by Gasteiger charge is -2.36. The van der Waals surface area contributed by atoms with Crippen molar-refractivity contribution in [1.82, 2.24) is 19.8 Å². The van der Waals surface area contributed by atoms with Gasteiger partial charge in [0.25, 0.3) is 0 Å². The predicted molar refractivity (Wildman–Crippen MR) is 120 cm³/mol. The highest BCUT2D eigenvalue weighted by Gasteiger charge is 2.23. The Labute approximate surface area is 178 Å². The number of likely N-dealkylation sites (N-methyl/N-ethyl adjacent to an activating group) is 1. The van der Waals surface area contributed by atoms with Crippen molar-refractivity contribution in [2.75, 3.05) is 74.5 Å². The van der Waals surface area contributed by atoms with Crippen molar-refractivity contribution >= 4 is 23.4 Å². The second-order valence-electron chi connectivity index (χ2n) is 8.31. The van der Waals surface area contributed by atoms with E-state index < -0.39 is 0 Å². The molecule has 2 aliphatic heterocycles. The smallest absolute Gasteiger partial charge is 0.321 e. The molecule has 1 aromatic carbocycles. The third-order valence-electron chi connectivity index (χ3n) is 5.83. The molecule has 2 saturated heterocycles. The average Bonchev–Trinajstić information content (AvgIpc) is 2.74. The van der Waals surface area contributed by atoms with Crippen molar-refractivity contribution in [3.8, 4) is 0 Å². The van der Waals surface area contributed by atoms with Gasteiger partial charge in [0, 0.05) is 64.1 Å². The third kappa shape index (κ3) is 4.81. The van der Waals surface area contributed by atoms with Gasteiger partial charge < -0.3 is 24.9 Å². The molecule has 2 aliphatic rings. The van der Waals surface area contributed by atoms with Gasteiger partial charge in [0.05, 0.1) is 0 Å². The lowest BCUT2D eigenvalue weighted by atomic mass is 10.1. The summed E-state index contributed by atoms with van der Waals surface area (Å²) in [5, 5.41) is 3.04. The third-order valence-corrected chi connectivity index (χ3v) is 5.83. The largest absolute Gasteiger partial charge is 0.354 e. The number of anilines is 3. The zero-order chi connectivity index (χ0) is 21.1. The van der Waals surface area contributed by atoms with E-state index in [4.69, 9.17) is 0 Å². The van der Waals surface area contributed by atoms with Crippen LogP contribution >= 0.6 is 0 Å². The first-order valence-electron chi connectivity index (χ1n) is 10.6. The van der Waals surface area contributed by atoms with Crippen molar-refractivity contribution < 1.29 is 4.79 Å². The molecule has 0 bridgehead atoms. The summed E-state index contributed by atoms with van der Waals surface area (Å²) < 4.78 is 0. The Morgan fingerprint density at radius 2 is 1.33 bits per heavy atom. The molecule has 0 atom stereocenters. The molecular formula is C22H31N7O. The normalized spacial score (nSPS) is 17.9. The second-order valence-corrected chi connectivity index (χ2v) is 8.31. The highest BCUT2D eigenvalue weighted by atomic mass is 16.2. The molecule has 2 amide bonds. The summed E-state index contributed by atoms with van der Waals surface area (Å²) in [7, 11) is 2.15. The molecule has 8 heteroatoms. The fraction of sp³-hybridized carbons (Fsp3) is 0.500. The highest BCUT2D eigenvalue weighted by molar-refractivity contribution is 5.89. The Morgan fingerprint density at radius 1 is 0.800 bits per heavy atom. The van der Waals surface area contributed by atoms with E-state index >= 15 is 0 Å². The van der Waals surface area contributed by atoms with Gasteiger partial charge >= 0.3 is 6.03 Å². The van der Waals surface area contributed by atoms with E-state index in [2.05, 4.69) is 49.2 Å². The number of aromatic nitrogens is 2. The topological polar surface area (TPSA) is 67.8 Å². The van der Waals surface area contributed by atoms with E-state index in [0.29, 0.717) is 13.1 Å². The first-order valence-corrected chi connectivity index (χ1v) is 10.6. The Kier molecular flexibility index (Phi) is 6.03. The average molecular weight is 410 g/mol. The van der Waals surface area contributed by atoms with E-state index in [1.165, 1.54) is 0 Å². The van der Waals surface area contributed by atoms with Gasteiger partial charge in [-0.05, 0) is 44.2 Å². The monoisotopic (exact) mass is 409 g/mol. The van der Waals surface area contributed by atoms with Gasteiger partial charge in [0.15, 0.2) is 0 Å². The zero-order valence-corrected chi connectivity index (χ0v) is 18.1. The molecule has 3 heterocycles. The van der Waals surface area contributed by atoms with Crippen LogP contribution in [0.2, 0.25) is 0 Å². The molecule has 8 nitrogen and oxygen atoms in total. The number of rotatable bonds is 3. The maximum Gasteiger partial charge on any atom is 0.321 e.